The number of hydrogen-bond acceptors (Lipinski definition) is 4. The van der Waals surface area contributed by atoms with E-state index in [9.17, 15) is 9.59 Å². The number of fused-ring (bicyclic) bond motifs is 1. The minimum atomic E-state index is -0.327. The van der Waals surface area contributed by atoms with Crippen LogP contribution in [-0.4, -0.2) is 58.8 Å². The largest absolute Gasteiger partial charge is 0.334 e. The molecule has 1 fully saturated rings. The maximum atomic E-state index is 13.4. The number of carbonyl (C=O) groups excluding carboxylic acids is 1. The molecule has 3 aromatic rings. The molecule has 0 unspecified atom stereocenters. The standard InChI is InChI=1S/C23H26N4O2S/c1-16-8-4-7-11-20(16)27-22(29)18-9-5-6-10-19(18)24-23(27)30-17(2)21(28)26-14-12-25(3)13-15-26/h4-11,17H,12-15H2,1-3H3/p+1/t17-/m0/s1. The summed E-state index contributed by atoms with van der Waals surface area (Å²) in [5.74, 6) is 0.103. The van der Waals surface area contributed by atoms with Gasteiger partial charge in [0.25, 0.3) is 5.56 Å². The van der Waals surface area contributed by atoms with Crippen LogP contribution in [0.5, 0.6) is 0 Å². The first-order chi connectivity index (χ1) is 14.5. The lowest BCUT2D eigenvalue weighted by Crippen LogP contribution is -3.12. The topological polar surface area (TPSA) is 59.6 Å². The van der Waals surface area contributed by atoms with Gasteiger partial charge in [0, 0.05) is 0 Å². The number of nitrogens with one attached hydrogen (secondary N) is 1. The van der Waals surface area contributed by atoms with Gasteiger partial charge in [-0.2, -0.15) is 0 Å². The normalized spacial score (nSPS) is 16.0. The van der Waals surface area contributed by atoms with Crippen LogP contribution in [0.25, 0.3) is 16.6 Å². The molecule has 156 valence electrons. The summed E-state index contributed by atoms with van der Waals surface area (Å²) < 4.78 is 1.65. The molecule has 0 saturated carbocycles. The number of hydrogen-bond donors (Lipinski definition) is 1. The SMILES string of the molecule is Cc1ccccc1-n1c(S[C@@H](C)C(=O)N2CC[NH+](C)CC2)nc2ccccc2c1=O. The lowest BCUT2D eigenvalue weighted by atomic mass is 10.2. The number of likely N-dealkylation sites (N-methyl/N-ethyl adjacent to an activating group) is 1. The van der Waals surface area contributed by atoms with Crippen molar-refractivity contribution in [1.29, 1.82) is 0 Å². The predicted molar refractivity (Wildman–Crippen MR) is 121 cm³/mol. The van der Waals surface area contributed by atoms with Crippen LogP contribution >= 0.6 is 11.8 Å². The molecule has 0 bridgehead atoms. The van der Waals surface area contributed by atoms with Crippen LogP contribution in [0.15, 0.2) is 58.5 Å². The number of para-hydroxylation sites is 2. The summed E-state index contributed by atoms with van der Waals surface area (Å²) in [4.78, 5) is 34.6. The fourth-order valence-electron chi connectivity index (χ4n) is 3.79. The quantitative estimate of drug-likeness (QED) is 0.511. The first kappa shape index (κ1) is 20.6. The molecule has 30 heavy (non-hydrogen) atoms. The van der Waals surface area contributed by atoms with Crippen LogP contribution < -0.4 is 10.5 Å². The Kier molecular flexibility index (Phi) is 5.92. The molecule has 2 aromatic carbocycles. The molecule has 0 spiro atoms. The molecule has 1 atom stereocenters. The summed E-state index contributed by atoms with van der Waals surface area (Å²) >= 11 is 1.36. The number of aryl methyl sites for hydroxylation is 1. The second kappa shape index (κ2) is 8.62. The van der Waals surface area contributed by atoms with Gasteiger partial charge in [-0.25, -0.2) is 4.98 Å². The molecule has 4 rings (SSSR count). The molecule has 1 N–H and O–H groups in total. The van der Waals surface area contributed by atoms with Crippen LogP contribution in [0, 0.1) is 6.92 Å². The van der Waals surface area contributed by atoms with E-state index in [4.69, 9.17) is 4.98 Å². The van der Waals surface area contributed by atoms with Crippen molar-refractivity contribution in [1.82, 2.24) is 14.5 Å². The van der Waals surface area contributed by atoms with E-state index in [2.05, 4.69) is 7.05 Å². The highest BCUT2D eigenvalue weighted by Crippen LogP contribution is 2.27. The summed E-state index contributed by atoms with van der Waals surface area (Å²) in [5, 5.41) is 0.798. The summed E-state index contributed by atoms with van der Waals surface area (Å²) in [6.07, 6.45) is 0. The first-order valence-corrected chi connectivity index (χ1v) is 11.2. The average Bonchev–Trinajstić information content (AvgIpc) is 2.75. The van der Waals surface area contributed by atoms with E-state index in [0.717, 1.165) is 37.4 Å². The van der Waals surface area contributed by atoms with Crippen LogP contribution in [0.4, 0.5) is 0 Å². The van der Waals surface area contributed by atoms with Crippen molar-refractivity contribution < 1.29 is 9.69 Å². The Bertz CT molecular complexity index is 1140. The number of rotatable bonds is 4. The number of benzene rings is 2. The van der Waals surface area contributed by atoms with Gasteiger partial charge in [-0.15, -0.1) is 0 Å². The maximum absolute atomic E-state index is 13.4. The monoisotopic (exact) mass is 423 g/mol. The number of aromatic nitrogens is 2. The van der Waals surface area contributed by atoms with E-state index in [1.165, 1.54) is 16.7 Å². The number of quaternary nitrogens is 1. The van der Waals surface area contributed by atoms with E-state index in [0.29, 0.717) is 16.1 Å². The fourth-order valence-corrected chi connectivity index (χ4v) is 4.80. The Hall–Kier alpha value is -2.64. The van der Waals surface area contributed by atoms with E-state index in [-0.39, 0.29) is 16.7 Å². The van der Waals surface area contributed by atoms with Gasteiger partial charge in [0.1, 0.15) is 0 Å². The van der Waals surface area contributed by atoms with Gasteiger partial charge in [-0.1, -0.05) is 42.1 Å². The molecule has 1 saturated heterocycles. The van der Waals surface area contributed by atoms with Crippen LogP contribution in [0.3, 0.4) is 0 Å². The smallest absolute Gasteiger partial charge is 0.266 e. The van der Waals surface area contributed by atoms with Crippen molar-refractivity contribution in [3.05, 3.63) is 64.4 Å². The summed E-state index contributed by atoms with van der Waals surface area (Å²) in [7, 11) is 2.15. The van der Waals surface area contributed by atoms with Crippen molar-refractivity contribution in [2.75, 3.05) is 33.2 Å². The Labute approximate surface area is 180 Å². The molecular formula is C23H27N4O2S+. The molecule has 6 nitrogen and oxygen atoms in total. The second-order valence-electron chi connectivity index (χ2n) is 7.88. The van der Waals surface area contributed by atoms with Crippen LogP contribution in [-0.2, 0) is 4.79 Å². The number of carbonyl (C=O) groups is 1. The molecule has 2 heterocycles. The first-order valence-electron chi connectivity index (χ1n) is 10.3. The molecular weight excluding hydrogens is 396 g/mol. The maximum Gasteiger partial charge on any atom is 0.266 e. The zero-order valence-electron chi connectivity index (χ0n) is 17.6. The Morgan fingerprint density at radius 2 is 1.77 bits per heavy atom. The van der Waals surface area contributed by atoms with Crippen molar-refractivity contribution in [2.24, 2.45) is 0 Å². The highest BCUT2D eigenvalue weighted by molar-refractivity contribution is 8.00. The van der Waals surface area contributed by atoms with Gasteiger partial charge in [0.15, 0.2) is 5.16 Å². The van der Waals surface area contributed by atoms with Gasteiger partial charge < -0.3 is 9.80 Å². The zero-order chi connectivity index (χ0) is 21.3. The van der Waals surface area contributed by atoms with Gasteiger partial charge in [0.05, 0.1) is 55.1 Å². The highest BCUT2D eigenvalue weighted by Gasteiger charge is 2.27. The van der Waals surface area contributed by atoms with Gasteiger partial charge in [0.2, 0.25) is 5.91 Å². The molecule has 0 aliphatic carbocycles. The van der Waals surface area contributed by atoms with Gasteiger partial charge in [-0.3, -0.25) is 14.2 Å². The van der Waals surface area contributed by atoms with Gasteiger partial charge >= 0.3 is 0 Å². The fraction of sp³-hybridized carbons (Fsp3) is 0.348. The molecule has 1 aromatic heterocycles. The second-order valence-corrected chi connectivity index (χ2v) is 9.19. The molecule has 7 heteroatoms. The van der Waals surface area contributed by atoms with Gasteiger partial charge in [-0.05, 0) is 37.6 Å². The van der Waals surface area contributed by atoms with E-state index >= 15 is 0 Å². The molecule has 0 radical (unpaired) electrons. The van der Waals surface area contributed by atoms with E-state index < -0.39 is 0 Å². The Morgan fingerprint density at radius 1 is 1.10 bits per heavy atom. The van der Waals surface area contributed by atoms with Crippen molar-refractivity contribution in [3.63, 3.8) is 0 Å². The summed E-state index contributed by atoms with van der Waals surface area (Å²) in [6, 6.07) is 15.1. The number of piperazine rings is 1. The van der Waals surface area contributed by atoms with Crippen LogP contribution in [0.1, 0.15) is 12.5 Å². The number of thioether (sulfide) groups is 1. The third-order valence-corrected chi connectivity index (χ3v) is 6.70. The number of nitrogens with zero attached hydrogens (tertiary/aromatic N) is 3. The highest BCUT2D eigenvalue weighted by atomic mass is 32.2. The number of amides is 1. The van der Waals surface area contributed by atoms with E-state index in [1.807, 2.05) is 61.2 Å². The zero-order valence-corrected chi connectivity index (χ0v) is 18.4. The average molecular weight is 424 g/mol. The third kappa shape index (κ3) is 4.00. The van der Waals surface area contributed by atoms with Crippen molar-refractivity contribution >= 4 is 28.6 Å². The van der Waals surface area contributed by atoms with Crippen LogP contribution in [0.2, 0.25) is 0 Å². The minimum Gasteiger partial charge on any atom is -0.334 e. The molecule has 1 aliphatic heterocycles. The van der Waals surface area contributed by atoms with E-state index in [1.54, 1.807) is 10.6 Å². The summed E-state index contributed by atoms with van der Waals surface area (Å²) in [5.41, 5.74) is 2.32. The Balaban J connectivity index is 1.74. The van der Waals surface area contributed by atoms with Crippen molar-refractivity contribution in [2.45, 2.75) is 24.3 Å². The lowest BCUT2D eigenvalue weighted by Gasteiger charge is -2.31. The molecule has 1 aliphatic rings. The lowest BCUT2D eigenvalue weighted by molar-refractivity contribution is -0.883. The third-order valence-electron chi connectivity index (χ3n) is 5.66. The minimum absolute atomic E-state index is 0.103. The summed E-state index contributed by atoms with van der Waals surface area (Å²) in [6.45, 7) is 7.35. The predicted octanol–water partition coefficient (Wildman–Crippen LogP) is 1.53. The van der Waals surface area contributed by atoms with Crippen molar-refractivity contribution in [3.8, 4) is 5.69 Å². The molecule has 1 amide bonds. The Morgan fingerprint density at radius 3 is 2.50 bits per heavy atom.